The Hall–Kier alpha value is -1.22. The Balaban J connectivity index is 2.13. The molecule has 1 unspecified atom stereocenters. The summed E-state index contributed by atoms with van der Waals surface area (Å²) >= 11 is 1.45. The first-order valence-corrected chi connectivity index (χ1v) is 5.19. The standard InChI is InChI=1S/C11H10O2S/c12-9-11(7-4-8-13-11)14-10-5-2-1-3-6-10/h1-6,8-9H,7H2. The lowest BCUT2D eigenvalue weighted by Crippen LogP contribution is -2.24. The van der Waals surface area contributed by atoms with Crippen LogP contribution in [0.4, 0.5) is 0 Å². The normalized spacial score (nSPS) is 24.6. The summed E-state index contributed by atoms with van der Waals surface area (Å²) in [5.74, 6) is 0. The van der Waals surface area contributed by atoms with Gasteiger partial charge in [-0.3, -0.25) is 4.79 Å². The zero-order valence-electron chi connectivity index (χ0n) is 7.55. The highest BCUT2D eigenvalue weighted by atomic mass is 32.2. The van der Waals surface area contributed by atoms with Crippen LogP contribution < -0.4 is 0 Å². The largest absolute Gasteiger partial charge is 0.477 e. The van der Waals surface area contributed by atoms with Gasteiger partial charge < -0.3 is 4.74 Å². The highest BCUT2D eigenvalue weighted by Crippen LogP contribution is 2.38. The van der Waals surface area contributed by atoms with Gasteiger partial charge in [-0.25, -0.2) is 0 Å². The summed E-state index contributed by atoms with van der Waals surface area (Å²) in [5, 5.41) is 0. The van der Waals surface area contributed by atoms with Gasteiger partial charge >= 0.3 is 0 Å². The SMILES string of the molecule is O=CC1(Sc2ccccc2)CC=CO1. The minimum Gasteiger partial charge on any atom is -0.477 e. The van der Waals surface area contributed by atoms with Crippen molar-refractivity contribution >= 4 is 18.0 Å². The number of hydrogen-bond donors (Lipinski definition) is 0. The van der Waals surface area contributed by atoms with E-state index in [9.17, 15) is 4.79 Å². The van der Waals surface area contributed by atoms with E-state index in [1.807, 2.05) is 36.4 Å². The lowest BCUT2D eigenvalue weighted by molar-refractivity contribution is -0.116. The van der Waals surface area contributed by atoms with Crippen LogP contribution in [-0.4, -0.2) is 11.2 Å². The van der Waals surface area contributed by atoms with Crippen LogP contribution in [0, 0.1) is 0 Å². The molecule has 0 saturated carbocycles. The number of carbonyl (C=O) groups excluding carboxylic acids is 1. The molecule has 1 aromatic carbocycles. The Morgan fingerprint density at radius 2 is 2.14 bits per heavy atom. The van der Waals surface area contributed by atoms with Crippen LogP contribution in [0.1, 0.15) is 6.42 Å². The van der Waals surface area contributed by atoms with Crippen molar-refractivity contribution < 1.29 is 9.53 Å². The summed E-state index contributed by atoms with van der Waals surface area (Å²) in [6.45, 7) is 0. The molecule has 0 amide bonds. The maximum Gasteiger partial charge on any atom is 0.216 e. The van der Waals surface area contributed by atoms with Crippen LogP contribution in [0.5, 0.6) is 0 Å². The van der Waals surface area contributed by atoms with Crippen molar-refractivity contribution in [3.63, 3.8) is 0 Å². The molecule has 1 aliphatic rings. The van der Waals surface area contributed by atoms with Crippen molar-refractivity contribution in [2.45, 2.75) is 16.2 Å². The van der Waals surface area contributed by atoms with Gasteiger partial charge in [0.2, 0.25) is 4.93 Å². The van der Waals surface area contributed by atoms with Crippen molar-refractivity contribution in [3.8, 4) is 0 Å². The van der Waals surface area contributed by atoms with E-state index in [-0.39, 0.29) is 0 Å². The Labute approximate surface area is 87.0 Å². The minimum absolute atomic E-state index is 0.635. The first-order chi connectivity index (χ1) is 6.85. The smallest absolute Gasteiger partial charge is 0.216 e. The third kappa shape index (κ3) is 1.82. The van der Waals surface area contributed by atoms with E-state index < -0.39 is 4.93 Å². The summed E-state index contributed by atoms with van der Waals surface area (Å²) in [6.07, 6.45) is 4.95. The minimum atomic E-state index is -0.735. The number of hydrogen-bond acceptors (Lipinski definition) is 3. The molecule has 0 bridgehead atoms. The van der Waals surface area contributed by atoms with Crippen LogP contribution in [0.3, 0.4) is 0 Å². The molecule has 3 heteroatoms. The van der Waals surface area contributed by atoms with Gasteiger partial charge in [-0.05, 0) is 18.2 Å². The Morgan fingerprint density at radius 3 is 2.71 bits per heavy atom. The topological polar surface area (TPSA) is 26.3 Å². The van der Waals surface area contributed by atoms with Gasteiger partial charge in [-0.15, -0.1) is 0 Å². The predicted octanol–water partition coefficient (Wildman–Crippen LogP) is 2.61. The second-order valence-corrected chi connectivity index (χ2v) is 4.41. The van der Waals surface area contributed by atoms with Gasteiger partial charge in [0.05, 0.1) is 6.26 Å². The van der Waals surface area contributed by atoms with Crippen LogP contribution in [-0.2, 0) is 9.53 Å². The quantitative estimate of drug-likeness (QED) is 0.711. The fourth-order valence-electron chi connectivity index (χ4n) is 1.28. The van der Waals surface area contributed by atoms with Gasteiger partial charge in [-0.1, -0.05) is 30.0 Å². The molecule has 14 heavy (non-hydrogen) atoms. The maximum atomic E-state index is 10.9. The molecule has 2 nitrogen and oxygen atoms in total. The molecule has 0 radical (unpaired) electrons. The van der Waals surface area contributed by atoms with Crippen molar-refractivity contribution in [3.05, 3.63) is 42.7 Å². The number of carbonyl (C=O) groups is 1. The second-order valence-electron chi connectivity index (χ2n) is 3.04. The summed E-state index contributed by atoms with van der Waals surface area (Å²) < 4.78 is 5.31. The predicted molar refractivity (Wildman–Crippen MR) is 55.9 cm³/mol. The van der Waals surface area contributed by atoms with E-state index in [0.29, 0.717) is 6.42 Å². The van der Waals surface area contributed by atoms with Gasteiger partial charge in [0, 0.05) is 11.3 Å². The van der Waals surface area contributed by atoms with Crippen molar-refractivity contribution in [2.75, 3.05) is 0 Å². The molecular formula is C11H10O2S. The van der Waals surface area contributed by atoms with Gasteiger partial charge in [0.25, 0.3) is 0 Å². The van der Waals surface area contributed by atoms with Gasteiger partial charge in [-0.2, -0.15) is 0 Å². The van der Waals surface area contributed by atoms with E-state index >= 15 is 0 Å². The van der Waals surface area contributed by atoms with Crippen LogP contribution in [0.25, 0.3) is 0 Å². The van der Waals surface area contributed by atoms with E-state index in [4.69, 9.17) is 4.74 Å². The van der Waals surface area contributed by atoms with Gasteiger partial charge in [0.15, 0.2) is 6.29 Å². The molecule has 2 rings (SSSR count). The van der Waals surface area contributed by atoms with Crippen LogP contribution in [0.15, 0.2) is 47.6 Å². The number of rotatable bonds is 3. The molecule has 0 fully saturated rings. The Bertz CT molecular complexity index is 338. The molecule has 0 saturated heterocycles. The first-order valence-electron chi connectivity index (χ1n) is 4.38. The molecule has 0 N–H and O–H groups in total. The number of thioether (sulfide) groups is 1. The monoisotopic (exact) mass is 206 g/mol. The highest BCUT2D eigenvalue weighted by molar-refractivity contribution is 8.01. The molecule has 1 atom stereocenters. The van der Waals surface area contributed by atoms with Crippen molar-refractivity contribution in [2.24, 2.45) is 0 Å². The molecule has 0 spiro atoms. The molecule has 1 heterocycles. The number of benzene rings is 1. The van der Waals surface area contributed by atoms with Crippen molar-refractivity contribution in [1.29, 1.82) is 0 Å². The van der Waals surface area contributed by atoms with Gasteiger partial charge in [0.1, 0.15) is 0 Å². The van der Waals surface area contributed by atoms with E-state index in [0.717, 1.165) is 11.2 Å². The second kappa shape index (κ2) is 3.88. The lowest BCUT2D eigenvalue weighted by atomic mass is 10.3. The summed E-state index contributed by atoms with van der Waals surface area (Å²) in [6, 6.07) is 9.78. The first kappa shape index (κ1) is 9.34. The average molecular weight is 206 g/mol. The molecule has 72 valence electrons. The van der Waals surface area contributed by atoms with Crippen molar-refractivity contribution in [1.82, 2.24) is 0 Å². The molecule has 0 aliphatic carbocycles. The Morgan fingerprint density at radius 1 is 1.36 bits per heavy atom. The summed E-state index contributed by atoms with van der Waals surface area (Å²) in [5.41, 5.74) is 0. The third-order valence-corrected chi connectivity index (χ3v) is 3.19. The molecule has 1 aromatic rings. The molecule has 0 aromatic heterocycles. The van der Waals surface area contributed by atoms with E-state index in [1.165, 1.54) is 11.8 Å². The zero-order chi connectivity index (χ0) is 9.86. The highest BCUT2D eigenvalue weighted by Gasteiger charge is 2.34. The van der Waals surface area contributed by atoms with E-state index in [2.05, 4.69) is 0 Å². The number of ether oxygens (including phenoxy) is 1. The fourth-order valence-corrected chi connectivity index (χ4v) is 2.30. The van der Waals surface area contributed by atoms with Crippen LogP contribution >= 0.6 is 11.8 Å². The van der Waals surface area contributed by atoms with E-state index in [1.54, 1.807) is 6.26 Å². The maximum absolute atomic E-state index is 10.9. The Kier molecular flexibility index (Phi) is 2.59. The summed E-state index contributed by atoms with van der Waals surface area (Å²) in [4.78, 5) is 11.3. The zero-order valence-corrected chi connectivity index (χ0v) is 8.37. The third-order valence-electron chi connectivity index (χ3n) is 1.98. The molecular weight excluding hydrogens is 196 g/mol. The molecule has 1 aliphatic heterocycles. The summed E-state index contributed by atoms with van der Waals surface area (Å²) in [7, 11) is 0. The number of aldehydes is 1. The lowest BCUT2D eigenvalue weighted by Gasteiger charge is -2.20. The average Bonchev–Trinajstić information content (AvgIpc) is 2.69. The van der Waals surface area contributed by atoms with Crippen LogP contribution in [0.2, 0.25) is 0 Å². The fraction of sp³-hybridized carbons (Fsp3) is 0.182.